The van der Waals surface area contributed by atoms with Crippen LogP contribution in [0.25, 0.3) is 0 Å². The highest BCUT2D eigenvalue weighted by molar-refractivity contribution is 5.72. The van der Waals surface area contributed by atoms with Gasteiger partial charge in [0.05, 0.1) is 26.2 Å². The summed E-state index contributed by atoms with van der Waals surface area (Å²) in [4.78, 5) is 11.1. The van der Waals surface area contributed by atoms with Gasteiger partial charge < -0.3 is 9.47 Å². The third-order valence-corrected chi connectivity index (χ3v) is 3.05. The van der Waals surface area contributed by atoms with Crippen LogP contribution in [0.1, 0.15) is 32.1 Å². The van der Waals surface area contributed by atoms with Crippen molar-refractivity contribution in [2.75, 3.05) is 13.7 Å². The molecule has 0 aromatic rings. The van der Waals surface area contributed by atoms with Crippen LogP contribution in [-0.2, 0) is 14.3 Å². The van der Waals surface area contributed by atoms with Crippen LogP contribution in [0, 0.1) is 0 Å². The highest BCUT2D eigenvalue weighted by atomic mass is 16.5. The minimum absolute atomic E-state index is 0.151. The van der Waals surface area contributed by atoms with E-state index >= 15 is 0 Å². The summed E-state index contributed by atoms with van der Waals surface area (Å²) < 4.78 is 10.3. The molecule has 0 radical (unpaired) electrons. The van der Waals surface area contributed by atoms with Gasteiger partial charge in [-0.3, -0.25) is 4.79 Å². The molecule has 0 aromatic carbocycles. The maximum Gasteiger partial charge on any atom is 0.309 e. The quantitative estimate of drug-likeness (QED) is 0.499. The second-order valence-electron chi connectivity index (χ2n) is 3.93. The molecule has 0 amide bonds. The molecule has 2 rings (SSSR count). The van der Waals surface area contributed by atoms with Gasteiger partial charge in [0.2, 0.25) is 0 Å². The van der Waals surface area contributed by atoms with E-state index in [1.54, 1.807) is 0 Å². The van der Waals surface area contributed by atoms with Crippen molar-refractivity contribution < 1.29 is 14.3 Å². The van der Waals surface area contributed by atoms with Gasteiger partial charge >= 0.3 is 5.97 Å². The van der Waals surface area contributed by atoms with E-state index in [9.17, 15) is 4.79 Å². The first-order valence-corrected chi connectivity index (χ1v) is 5.20. The van der Waals surface area contributed by atoms with E-state index in [4.69, 9.17) is 4.74 Å². The first-order chi connectivity index (χ1) is 6.81. The lowest BCUT2D eigenvalue weighted by atomic mass is 9.89. The Kier molecular flexibility index (Phi) is 2.87. The Hall–Kier alpha value is -0.830. The zero-order chi connectivity index (χ0) is 9.97. The molecule has 0 aromatic heterocycles. The molecule has 0 unspecified atom stereocenters. The Morgan fingerprint density at radius 1 is 1.57 bits per heavy atom. The van der Waals surface area contributed by atoms with Crippen LogP contribution in [-0.4, -0.2) is 25.8 Å². The molecule has 1 atom stereocenters. The van der Waals surface area contributed by atoms with Crippen LogP contribution in [0.3, 0.4) is 0 Å². The van der Waals surface area contributed by atoms with Crippen molar-refractivity contribution in [1.82, 2.24) is 0 Å². The number of hydrogen-bond acceptors (Lipinski definition) is 3. The number of carbonyl (C=O) groups excluding carboxylic acids is 1. The first kappa shape index (κ1) is 9.71. The third-order valence-electron chi connectivity index (χ3n) is 3.05. The van der Waals surface area contributed by atoms with Crippen molar-refractivity contribution in [1.29, 1.82) is 0 Å². The Morgan fingerprint density at radius 2 is 2.43 bits per heavy atom. The highest BCUT2D eigenvalue weighted by Gasteiger charge is 2.29. The molecule has 2 aliphatic rings. The summed E-state index contributed by atoms with van der Waals surface area (Å²) in [5.74, 6) is -0.151. The summed E-state index contributed by atoms with van der Waals surface area (Å²) in [5.41, 5.74) is 2.54. The van der Waals surface area contributed by atoms with Crippen LogP contribution in [0.15, 0.2) is 11.1 Å². The number of methoxy groups -OCH3 is 1. The molecule has 3 heteroatoms. The summed E-state index contributed by atoms with van der Waals surface area (Å²) in [6, 6.07) is 0. The number of rotatable bonds is 2. The van der Waals surface area contributed by atoms with Crippen LogP contribution in [0.5, 0.6) is 0 Å². The topological polar surface area (TPSA) is 35.5 Å². The Balaban J connectivity index is 2.06. The SMILES string of the molecule is COC(=O)CC1=C2CCCC[C@H]2OC1. The molecule has 0 bridgehead atoms. The van der Waals surface area contributed by atoms with E-state index in [0.717, 1.165) is 12.8 Å². The van der Waals surface area contributed by atoms with Crippen molar-refractivity contribution in [2.24, 2.45) is 0 Å². The van der Waals surface area contributed by atoms with Gasteiger partial charge in [-0.2, -0.15) is 0 Å². The lowest BCUT2D eigenvalue weighted by Crippen LogP contribution is -2.14. The highest BCUT2D eigenvalue weighted by Crippen LogP contribution is 2.34. The van der Waals surface area contributed by atoms with Gasteiger partial charge in [0, 0.05) is 0 Å². The van der Waals surface area contributed by atoms with Crippen LogP contribution < -0.4 is 0 Å². The fourth-order valence-electron chi connectivity index (χ4n) is 2.27. The average molecular weight is 196 g/mol. The molecule has 1 aliphatic carbocycles. The van der Waals surface area contributed by atoms with Crippen LogP contribution in [0.2, 0.25) is 0 Å². The molecule has 0 saturated heterocycles. The minimum atomic E-state index is -0.151. The van der Waals surface area contributed by atoms with Crippen molar-refractivity contribution in [3.8, 4) is 0 Å². The zero-order valence-electron chi connectivity index (χ0n) is 8.54. The van der Waals surface area contributed by atoms with Crippen molar-refractivity contribution in [3.05, 3.63) is 11.1 Å². The number of esters is 1. The van der Waals surface area contributed by atoms with E-state index in [0.29, 0.717) is 19.1 Å². The summed E-state index contributed by atoms with van der Waals surface area (Å²) in [6.45, 7) is 0.634. The lowest BCUT2D eigenvalue weighted by molar-refractivity contribution is -0.139. The van der Waals surface area contributed by atoms with Crippen molar-refractivity contribution >= 4 is 5.97 Å². The van der Waals surface area contributed by atoms with Gasteiger partial charge in [0.25, 0.3) is 0 Å². The Bertz CT molecular complexity index is 268. The zero-order valence-corrected chi connectivity index (χ0v) is 8.54. The molecule has 14 heavy (non-hydrogen) atoms. The summed E-state index contributed by atoms with van der Waals surface area (Å²) in [6.07, 6.45) is 5.45. The number of ether oxygens (including phenoxy) is 2. The van der Waals surface area contributed by atoms with E-state index in [1.807, 2.05) is 0 Å². The van der Waals surface area contributed by atoms with Gasteiger partial charge in [0.15, 0.2) is 0 Å². The van der Waals surface area contributed by atoms with Crippen molar-refractivity contribution in [2.45, 2.75) is 38.2 Å². The van der Waals surface area contributed by atoms with Gasteiger partial charge in [0.1, 0.15) is 0 Å². The molecule has 1 saturated carbocycles. The van der Waals surface area contributed by atoms with E-state index in [1.165, 1.54) is 31.1 Å². The molecular weight excluding hydrogens is 180 g/mol. The van der Waals surface area contributed by atoms with Gasteiger partial charge in [-0.05, 0) is 30.4 Å². The number of fused-ring (bicyclic) bond motifs is 1. The maximum absolute atomic E-state index is 11.1. The fourth-order valence-corrected chi connectivity index (χ4v) is 2.27. The average Bonchev–Trinajstić information content (AvgIpc) is 2.62. The fraction of sp³-hybridized carbons (Fsp3) is 0.727. The van der Waals surface area contributed by atoms with E-state index in [-0.39, 0.29) is 5.97 Å². The lowest BCUT2D eigenvalue weighted by Gasteiger charge is -2.19. The molecule has 0 N–H and O–H groups in total. The monoisotopic (exact) mass is 196 g/mol. The second-order valence-corrected chi connectivity index (χ2v) is 3.93. The van der Waals surface area contributed by atoms with Gasteiger partial charge in [-0.25, -0.2) is 0 Å². The maximum atomic E-state index is 11.1. The summed E-state index contributed by atoms with van der Waals surface area (Å²) in [7, 11) is 1.43. The Labute approximate surface area is 84.1 Å². The summed E-state index contributed by atoms with van der Waals surface area (Å²) >= 11 is 0. The van der Waals surface area contributed by atoms with Crippen LogP contribution in [0.4, 0.5) is 0 Å². The van der Waals surface area contributed by atoms with E-state index < -0.39 is 0 Å². The number of hydrogen-bond donors (Lipinski definition) is 0. The smallest absolute Gasteiger partial charge is 0.309 e. The normalized spacial score (nSPS) is 26.2. The van der Waals surface area contributed by atoms with Crippen molar-refractivity contribution in [3.63, 3.8) is 0 Å². The molecule has 1 aliphatic heterocycles. The molecular formula is C11H16O3. The first-order valence-electron chi connectivity index (χ1n) is 5.20. The standard InChI is InChI=1S/C11H16O3/c1-13-11(12)6-8-7-14-10-5-3-2-4-9(8)10/h10H,2-7H2,1H3/t10-/m1/s1. The summed E-state index contributed by atoms with van der Waals surface area (Å²) in [5, 5.41) is 0. The molecule has 1 heterocycles. The number of carbonyl (C=O) groups is 1. The Morgan fingerprint density at radius 3 is 3.21 bits per heavy atom. The largest absolute Gasteiger partial charge is 0.469 e. The van der Waals surface area contributed by atoms with E-state index in [2.05, 4.69) is 4.74 Å². The van der Waals surface area contributed by atoms with Gasteiger partial charge in [-0.1, -0.05) is 6.42 Å². The predicted octanol–water partition coefficient (Wildman–Crippen LogP) is 1.82. The molecule has 0 spiro atoms. The van der Waals surface area contributed by atoms with Crippen LogP contribution >= 0.6 is 0 Å². The second kappa shape index (κ2) is 4.13. The molecule has 78 valence electrons. The molecule has 3 nitrogen and oxygen atoms in total. The third kappa shape index (κ3) is 1.82. The van der Waals surface area contributed by atoms with Gasteiger partial charge in [-0.15, -0.1) is 0 Å². The predicted molar refractivity (Wildman–Crippen MR) is 51.9 cm³/mol. The molecule has 1 fully saturated rings. The minimum Gasteiger partial charge on any atom is -0.469 e.